The van der Waals surface area contributed by atoms with E-state index in [4.69, 9.17) is 25.2 Å². The van der Waals surface area contributed by atoms with Crippen LogP contribution in [0.3, 0.4) is 0 Å². The summed E-state index contributed by atoms with van der Waals surface area (Å²) in [5.74, 6) is 0. The van der Waals surface area contributed by atoms with E-state index in [1.807, 2.05) is 0 Å². The summed E-state index contributed by atoms with van der Waals surface area (Å²) < 4.78 is 17.6. The third-order valence-corrected chi connectivity index (χ3v) is 14.2. The molecule has 0 rings (SSSR count). The van der Waals surface area contributed by atoms with Crippen LogP contribution in [-0.4, -0.2) is 41.4 Å². The number of halogens is 1. The van der Waals surface area contributed by atoms with Crippen molar-refractivity contribution in [2.75, 3.05) is 13.2 Å². The molecule has 0 radical (unpaired) electrons. The first-order chi connectivity index (χ1) is 9.99. The van der Waals surface area contributed by atoms with Gasteiger partial charge in [0.1, 0.15) is 12.7 Å². The van der Waals surface area contributed by atoms with E-state index in [2.05, 4.69) is 67.7 Å². The summed E-state index contributed by atoms with van der Waals surface area (Å²) in [4.78, 5) is 10.9. The van der Waals surface area contributed by atoms with Gasteiger partial charge in [-0.25, -0.2) is 4.79 Å². The molecule has 0 aromatic carbocycles. The van der Waals surface area contributed by atoms with Gasteiger partial charge >= 0.3 is 5.43 Å². The molecule has 7 heteroatoms. The van der Waals surface area contributed by atoms with E-state index < -0.39 is 22.1 Å². The van der Waals surface area contributed by atoms with E-state index in [9.17, 15) is 4.79 Å². The van der Waals surface area contributed by atoms with Gasteiger partial charge in [0.05, 0.1) is 6.61 Å². The highest BCUT2D eigenvalue weighted by molar-refractivity contribution is 6.74. The highest BCUT2D eigenvalue weighted by Crippen LogP contribution is 2.39. The van der Waals surface area contributed by atoms with Crippen LogP contribution in [0.15, 0.2) is 0 Å². The fourth-order valence-corrected chi connectivity index (χ4v) is 3.81. The Labute approximate surface area is 149 Å². The molecular weight excluding hydrogens is 348 g/mol. The second-order valence-corrected chi connectivity index (χ2v) is 19.0. The fraction of sp³-hybridized carbons (Fsp3) is 0.938. The molecule has 0 fully saturated rings. The minimum Gasteiger partial charge on any atom is -0.451 e. The first-order valence-electron chi connectivity index (χ1n) is 8.14. The van der Waals surface area contributed by atoms with E-state index in [0.29, 0.717) is 6.61 Å². The minimum absolute atomic E-state index is 0.0766. The second kappa shape index (κ2) is 8.00. The molecule has 23 heavy (non-hydrogen) atoms. The van der Waals surface area contributed by atoms with Crippen LogP contribution in [-0.2, 0) is 13.6 Å². The molecule has 1 atom stereocenters. The van der Waals surface area contributed by atoms with E-state index in [1.54, 1.807) is 0 Å². The lowest BCUT2D eigenvalue weighted by Crippen LogP contribution is -2.49. The SMILES string of the molecule is CC(C)(C)[Si](C)(C)OCC(COC(=O)Cl)O[Si](C)(C)C(C)(C)C. The third kappa shape index (κ3) is 7.69. The van der Waals surface area contributed by atoms with Gasteiger partial charge in [0, 0.05) is 11.6 Å². The van der Waals surface area contributed by atoms with Crippen molar-refractivity contribution in [1.29, 1.82) is 0 Å². The van der Waals surface area contributed by atoms with Crippen LogP contribution in [0.4, 0.5) is 4.79 Å². The van der Waals surface area contributed by atoms with Gasteiger partial charge in [-0.1, -0.05) is 41.5 Å². The molecule has 1 unspecified atom stereocenters. The average molecular weight is 383 g/mol. The molecule has 0 saturated heterocycles. The molecule has 138 valence electrons. The fourth-order valence-electron chi connectivity index (χ4n) is 1.39. The largest absolute Gasteiger partial charge is 0.451 e. The van der Waals surface area contributed by atoms with E-state index in [-0.39, 0.29) is 22.8 Å². The monoisotopic (exact) mass is 382 g/mol. The highest BCUT2D eigenvalue weighted by Gasteiger charge is 2.41. The Morgan fingerprint density at radius 3 is 1.70 bits per heavy atom. The maximum absolute atomic E-state index is 10.9. The lowest BCUT2D eigenvalue weighted by Gasteiger charge is -2.41. The summed E-state index contributed by atoms with van der Waals surface area (Å²) in [7, 11) is -3.86. The molecule has 0 aliphatic heterocycles. The van der Waals surface area contributed by atoms with Crippen LogP contribution in [0.1, 0.15) is 41.5 Å². The molecule has 0 saturated carbocycles. The van der Waals surface area contributed by atoms with Gasteiger partial charge in [-0.2, -0.15) is 0 Å². The number of rotatable bonds is 7. The van der Waals surface area contributed by atoms with Gasteiger partial charge in [-0.15, -0.1) is 0 Å². The number of carbonyl (C=O) groups is 1. The van der Waals surface area contributed by atoms with Gasteiger partial charge in [-0.05, 0) is 36.3 Å². The molecule has 0 aliphatic rings. The molecule has 0 aliphatic carbocycles. The van der Waals surface area contributed by atoms with Gasteiger partial charge in [0.25, 0.3) is 0 Å². The van der Waals surface area contributed by atoms with Crippen molar-refractivity contribution < 1.29 is 18.4 Å². The predicted octanol–water partition coefficient (Wildman–Crippen LogP) is 5.77. The number of hydrogen-bond donors (Lipinski definition) is 0. The van der Waals surface area contributed by atoms with Gasteiger partial charge in [0.2, 0.25) is 0 Å². The van der Waals surface area contributed by atoms with Crippen LogP contribution >= 0.6 is 11.6 Å². The number of carbonyl (C=O) groups excluding carboxylic acids is 1. The Hall–Kier alpha value is 0.114. The van der Waals surface area contributed by atoms with E-state index in [1.165, 1.54) is 0 Å². The Balaban J connectivity index is 5.00. The van der Waals surface area contributed by atoms with Crippen LogP contribution in [0.5, 0.6) is 0 Å². The summed E-state index contributed by atoms with van der Waals surface area (Å²) in [6.07, 6.45) is -0.285. The molecule has 0 heterocycles. The zero-order valence-corrected chi connectivity index (χ0v) is 19.3. The van der Waals surface area contributed by atoms with Crippen molar-refractivity contribution in [3.63, 3.8) is 0 Å². The lowest BCUT2D eigenvalue weighted by atomic mass is 10.2. The molecular formula is C16H35ClO4Si2. The summed E-state index contributed by atoms with van der Waals surface area (Å²) in [6, 6.07) is 0. The first kappa shape index (κ1) is 23.1. The Morgan fingerprint density at radius 2 is 1.35 bits per heavy atom. The molecule has 0 aromatic rings. The van der Waals surface area contributed by atoms with Crippen LogP contribution in [0.2, 0.25) is 36.3 Å². The Morgan fingerprint density at radius 1 is 0.913 bits per heavy atom. The number of ether oxygens (including phenoxy) is 1. The van der Waals surface area contributed by atoms with Gasteiger partial charge in [-0.3, -0.25) is 0 Å². The Bertz CT molecular complexity index is 398. The van der Waals surface area contributed by atoms with Crippen LogP contribution in [0.25, 0.3) is 0 Å². The molecule has 0 bridgehead atoms. The molecule has 0 amide bonds. The second-order valence-electron chi connectivity index (χ2n) is 9.12. The highest BCUT2D eigenvalue weighted by atomic mass is 35.5. The van der Waals surface area contributed by atoms with Crippen LogP contribution < -0.4 is 0 Å². The maximum Gasteiger partial charge on any atom is 0.403 e. The predicted molar refractivity (Wildman–Crippen MR) is 102 cm³/mol. The standard InChI is InChI=1S/C16H35ClO4Si2/c1-15(2,3)22(7,8)20-12-13(11-19-14(17)18)21-23(9,10)16(4,5)6/h13H,11-12H2,1-10H3. The lowest BCUT2D eigenvalue weighted by molar-refractivity contribution is 0.0498. The van der Waals surface area contributed by atoms with Crippen molar-refractivity contribution in [2.45, 2.75) is 83.9 Å². The normalized spacial score (nSPS) is 15.4. The van der Waals surface area contributed by atoms with Crippen molar-refractivity contribution >= 4 is 33.7 Å². The zero-order chi connectivity index (χ0) is 18.7. The molecule has 0 aromatic heterocycles. The van der Waals surface area contributed by atoms with Gasteiger partial charge < -0.3 is 13.6 Å². The van der Waals surface area contributed by atoms with E-state index >= 15 is 0 Å². The molecule has 0 spiro atoms. The number of hydrogen-bond acceptors (Lipinski definition) is 4. The maximum atomic E-state index is 10.9. The first-order valence-corrected chi connectivity index (χ1v) is 14.3. The van der Waals surface area contributed by atoms with Crippen molar-refractivity contribution in [3.05, 3.63) is 0 Å². The van der Waals surface area contributed by atoms with E-state index in [0.717, 1.165) is 0 Å². The Kier molecular flexibility index (Phi) is 8.03. The summed E-state index contributed by atoms with van der Waals surface area (Å²) in [6.45, 7) is 22.4. The smallest absolute Gasteiger partial charge is 0.403 e. The topological polar surface area (TPSA) is 44.8 Å². The molecule has 0 N–H and O–H groups in total. The zero-order valence-electron chi connectivity index (χ0n) is 16.5. The van der Waals surface area contributed by atoms with Crippen molar-refractivity contribution in [3.8, 4) is 0 Å². The van der Waals surface area contributed by atoms with Crippen LogP contribution in [0, 0.1) is 0 Å². The average Bonchev–Trinajstić information content (AvgIpc) is 2.29. The summed E-state index contributed by atoms with van der Waals surface area (Å²) >= 11 is 5.31. The minimum atomic E-state index is -1.98. The van der Waals surface area contributed by atoms with Crippen molar-refractivity contribution in [1.82, 2.24) is 0 Å². The summed E-state index contributed by atoms with van der Waals surface area (Å²) in [5, 5.41) is 0.199. The summed E-state index contributed by atoms with van der Waals surface area (Å²) in [5.41, 5.74) is -0.804. The van der Waals surface area contributed by atoms with Gasteiger partial charge in [0.15, 0.2) is 16.6 Å². The quantitative estimate of drug-likeness (QED) is 0.413. The third-order valence-electron chi connectivity index (χ3n) is 5.09. The molecule has 4 nitrogen and oxygen atoms in total. The van der Waals surface area contributed by atoms with Crippen molar-refractivity contribution in [2.24, 2.45) is 0 Å².